The van der Waals surface area contributed by atoms with Crippen molar-refractivity contribution in [1.82, 2.24) is 5.32 Å². The smallest absolute Gasteiger partial charge is 0.0701 e. The summed E-state index contributed by atoms with van der Waals surface area (Å²) in [5.41, 5.74) is 0. The topological polar surface area (TPSA) is 29.1 Å². The molecule has 0 aliphatic carbocycles. The number of rotatable bonds is 4. The fourth-order valence-corrected chi connectivity index (χ4v) is 4.58. The van der Waals surface area contributed by atoms with Crippen LogP contribution < -0.4 is 5.32 Å². The zero-order chi connectivity index (χ0) is 9.97. The van der Waals surface area contributed by atoms with E-state index in [1.807, 2.05) is 12.1 Å². The van der Waals surface area contributed by atoms with Gasteiger partial charge in [-0.1, -0.05) is 0 Å². The van der Waals surface area contributed by atoms with Crippen molar-refractivity contribution >= 4 is 38.1 Å². The summed E-state index contributed by atoms with van der Waals surface area (Å²) in [4.78, 5) is 1.21. The molecule has 1 unspecified atom stereocenters. The van der Waals surface area contributed by atoms with Crippen LogP contribution in [0.5, 0.6) is 0 Å². The third-order valence-electron chi connectivity index (χ3n) is 2.22. The summed E-state index contributed by atoms with van der Waals surface area (Å²) in [6.07, 6.45) is 0. The van der Waals surface area contributed by atoms with Crippen LogP contribution >= 0.6 is 27.3 Å². The van der Waals surface area contributed by atoms with Crippen LogP contribution in [0.25, 0.3) is 0 Å². The maximum atomic E-state index is 11.7. The van der Waals surface area contributed by atoms with Gasteiger partial charge in [-0.3, -0.25) is 4.21 Å². The van der Waals surface area contributed by atoms with Crippen LogP contribution in [-0.2, 0) is 16.6 Å². The molecule has 1 N–H and O–H groups in total. The largest absolute Gasteiger partial charge is 0.316 e. The normalized spacial score (nSPS) is 19.2. The predicted molar refractivity (Wildman–Crippen MR) is 65.1 cm³/mol. The average Bonchev–Trinajstić information content (AvgIpc) is 2.44. The first-order valence-corrected chi connectivity index (χ1v) is 7.63. The van der Waals surface area contributed by atoms with Gasteiger partial charge < -0.3 is 5.32 Å². The molecule has 78 valence electrons. The van der Waals surface area contributed by atoms with Crippen LogP contribution in [0.15, 0.2) is 15.9 Å². The Balaban J connectivity index is 1.81. The first-order chi connectivity index (χ1) is 6.74. The van der Waals surface area contributed by atoms with E-state index in [9.17, 15) is 4.21 Å². The summed E-state index contributed by atoms with van der Waals surface area (Å²) >= 11 is 5.08. The molecular formula is C9H12BrNOS2. The molecule has 2 nitrogen and oxygen atoms in total. The summed E-state index contributed by atoms with van der Waals surface area (Å²) in [5, 5.41) is 3.20. The molecule has 1 fully saturated rings. The molecule has 0 saturated carbocycles. The fourth-order valence-electron chi connectivity index (χ4n) is 1.38. The maximum absolute atomic E-state index is 11.7. The number of thiophene rings is 1. The number of halogens is 1. The Morgan fingerprint density at radius 1 is 1.57 bits per heavy atom. The Morgan fingerprint density at radius 2 is 2.36 bits per heavy atom. The highest BCUT2D eigenvalue weighted by molar-refractivity contribution is 9.11. The van der Waals surface area contributed by atoms with Crippen LogP contribution in [0.4, 0.5) is 0 Å². The SMILES string of the molecule is O=S(Cc1ccc(Br)s1)CC1CNC1. The molecule has 1 atom stereocenters. The Bertz CT molecular complexity index is 335. The fraction of sp³-hybridized carbons (Fsp3) is 0.556. The molecular weight excluding hydrogens is 282 g/mol. The van der Waals surface area contributed by atoms with Gasteiger partial charge in [0.05, 0.1) is 9.54 Å². The van der Waals surface area contributed by atoms with E-state index in [0.717, 1.165) is 22.6 Å². The number of nitrogens with one attached hydrogen (secondary N) is 1. The van der Waals surface area contributed by atoms with Gasteiger partial charge in [-0.2, -0.15) is 0 Å². The number of hydrogen-bond acceptors (Lipinski definition) is 3. The molecule has 14 heavy (non-hydrogen) atoms. The molecule has 1 saturated heterocycles. The molecule has 2 heterocycles. The Labute approximate surface area is 98.7 Å². The molecule has 1 aliphatic heterocycles. The van der Waals surface area contributed by atoms with Crippen molar-refractivity contribution in [2.75, 3.05) is 18.8 Å². The quantitative estimate of drug-likeness (QED) is 0.920. The molecule has 1 aromatic rings. The van der Waals surface area contributed by atoms with E-state index in [1.54, 1.807) is 11.3 Å². The molecule has 5 heteroatoms. The minimum atomic E-state index is -0.687. The van der Waals surface area contributed by atoms with Gasteiger partial charge in [0.1, 0.15) is 0 Å². The van der Waals surface area contributed by atoms with Crippen LogP contribution in [0.1, 0.15) is 4.88 Å². The van der Waals surface area contributed by atoms with Gasteiger partial charge in [0.15, 0.2) is 0 Å². The second-order valence-electron chi connectivity index (χ2n) is 3.48. The van der Waals surface area contributed by atoms with E-state index in [-0.39, 0.29) is 0 Å². The predicted octanol–water partition coefficient (Wildman–Crippen LogP) is 1.98. The van der Waals surface area contributed by atoms with Crippen molar-refractivity contribution in [3.63, 3.8) is 0 Å². The van der Waals surface area contributed by atoms with Crippen molar-refractivity contribution in [3.05, 3.63) is 20.8 Å². The van der Waals surface area contributed by atoms with Crippen molar-refractivity contribution in [1.29, 1.82) is 0 Å². The molecule has 0 amide bonds. The van der Waals surface area contributed by atoms with Gasteiger partial charge in [-0.05, 0) is 34.0 Å². The average molecular weight is 294 g/mol. The Morgan fingerprint density at radius 3 is 2.86 bits per heavy atom. The van der Waals surface area contributed by atoms with Gasteiger partial charge >= 0.3 is 0 Å². The lowest BCUT2D eigenvalue weighted by atomic mass is 10.1. The maximum Gasteiger partial charge on any atom is 0.0701 e. The van der Waals surface area contributed by atoms with Crippen LogP contribution in [-0.4, -0.2) is 23.1 Å². The summed E-state index contributed by atoms with van der Waals surface area (Å²) in [6.45, 7) is 2.08. The van der Waals surface area contributed by atoms with Crippen LogP contribution in [0.2, 0.25) is 0 Å². The Kier molecular flexibility index (Phi) is 3.76. The van der Waals surface area contributed by atoms with E-state index in [4.69, 9.17) is 0 Å². The summed E-state index contributed by atoms with van der Waals surface area (Å²) < 4.78 is 12.8. The van der Waals surface area contributed by atoms with Crippen molar-refractivity contribution < 1.29 is 4.21 Å². The second-order valence-corrected chi connectivity index (χ2v) is 7.53. The second kappa shape index (κ2) is 4.88. The van der Waals surface area contributed by atoms with Crippen molar-refractivity contribution in [3.8, 4) is 0 Å². The van der Waals surface area contributed by atoms with Crippen LogP contribution in [0, 0.1) is 5.92 Å². The summed E-state index contributed by atoms with van der Waals surface area (Å²) in [5.74, 6) is 2.20. The van der Waals surface area contributed by atoms with E-state index in [0.29, 0.717) is 11.7 Å². The van der Waals surface area contributed by atoms with Gasteiger partial charge in [-0.15, -0.1) is 11.3 Å². The molecule has 0 radical (unpaired) electrons. The lowest BCUT2D eigenvalue weighted by molar-refractivity contribution is 0.382. The summed E-state index contributed by atoms with van der Waals surface area (Å²) in [6, 6.07) is 4.06. The highest BCUT2D eigenvalue weighted by Gasteiger charge is 2.19. The Hall–Kier alpha value is 0.290. The zero-order valence-corrected chi connectivity index (χ0v) is 10.9. The third kappa shape index (κ3) is 2.89. The van der Waals surface area contributed by atoms with Crippen LogP contribution in [0.3, 0.4) is 0 Å². The highest BCUT2D eigenvalue weighted by atomic mass is 79.9. The molecule has 1 aliphatic rings. The first-order valence-electron chi connectivity index (χ1n) is 4.54. The lowest BCUT2D eigenvalue weighted by Gasteiger charge is -2.26. The molecule has 0 spiro atoms. The van der Waals surface area contributed by atoms with E-state index in [1.165, 1.54) is 4.88 Å². The number of hydrogen-bond donors (Lipinski definition) is 1. The molecule has 1 aromatic heterocycles. The lowest BCUT2D eigenvalue weighted by Crippen LogP contribution is -2.44. The van der Waals surface area contributed by atoms with E-state index < -0.39 is 10.8 Å². The van der Waals surface area contributed by atoms with E-state index >= 15 is 0 Å². The standard InChI is InChI=1S/C9H12BrNOS2/c10-9-2-1-8(13-9)6-14(12)5-7-3-11-4-7/h1-2,7,11H,3-6H2. The first kappa shape index (κ1) is 10.8. The van der Waals surface area contributed by atoms with Gasteiger partial charge in [0.25, 0.3) is 0 Å². The monoisotopic (exact) mass is 293 g/mol. The highest BCUT2D eigenvalue weighted by Crippen LogP contribution is 2.23. The van der Waals surface area contributed by atoms with Gasteiger partial charge in [0, 0.05) is 34.5 Å². The van der Waals surface area contributed by atoms with Crippen molar-refractivity contribution in [2.24, 2.45) is 5.92 Å². The molecule has 0 bridgehead atoms. The minimum Gasteiger partial charge on any atom is -0.316 e. The third-order valence-corrected chi connectivity index (χ3v) is 5.50. The zero-order valence-electron chi connectivity index (χ0n) is 7.66. The molecule has 0 aromatic carbocycles. The minimum absolute atomic E-state index is 0.638. The van der Waals surface area contributed by atoms with Gasteiger partial charge in [0.2, 0.25) is 0 Å². The molecule has 2 rings (SSSR count). The van der Waals surface area contributed by atoms with Crippen molar-refractivity contribution in [2.45, 2.75) is 5.75 Å². The van der Waals surface area contributed by atoms with Gasteiger partial charge in [-0.25, -0.2) is 0 Å². The summed E-state index contributed by atoms with van der Waals surface area (Å²) in [7, 11) is -0.687. The van der Waals surface area contributed by atoms with E-state index in [2.05, 4.69) is 21.2 Å².